The summed E-state index contributed by atoms with van der Waals surface area (Å²) in [6.07, 6.45) is 1.06. The first kappa shape index (κ1) is 23.1. The van der Waals surface area contributed by atoms with Gasteiger partial charge in [0.2, 0.25) is 0 Å². The van der Waals surface area contributed by atoms with Crippen LogP contribution in [0.15, 0.2) is 60.7 Å². The molecular weight excluding hydrogens is 508 g/mol. The van der Waals surface area contributed by atoms with E-state index in [2.05, 4.69) is 30.3 Å². The predicted octanol–water partition coefficient (Wildman–Crippen LogP) is 2.68. The molecule has 2 aromatic rings. The fraction of sp³-hybridized carbons (Fsp3) is 0.417. The van der Waals surface area contributed by atoms with Crippen molar-refractivity contribution in [2.24, 2.45) is 11.3 Å². The molecule has 1 aliphatic rings. The van der Waals surface area contributed by atoms with E-state index in [9.17, 15) is 10.1 Å². The van der Waals surface area contributed by atoms with Gasteiger partial charge in [-0.05, 0) is 0 Å². The summed E-state index contributed by atoms with van der Waals surface area (Å²) < 4.78 is 14.0. The Bertz CT molecular complexity index is 845. The molecule has 0 saturated heterocycles. The van der Waals surface area contributed by atoms with E-state index in [0.29, 0.717) is 19.4 Å². The number of nitrogens with zero attached hydrogens (tertiary/aromatic N) is 1. The number of carbonyl (C=O) groups is 1. The monoisotopic (exact) mass is 537 g/mol. The van der Waals surface area contributed by atoms with Gasteiger partial charge in [-0.3, -0.25) is 0 Å². The summed E-state index contributed by atoms with van der Waals surface area (Å²) in [5, 5.41) is 10.1. The standard InChI is InChI=1S/C24H27NO3Se2/c1-4-28-21(26)24(17-23(2,27-3)15-18(24)16-25)22(29-19-11-7-5-8-12-19)30-20-13-9-6-10-14-20/h5-14,18,22H,4,15,17H2,1-3H3/t18-,23+,24+/m1/s1. The Balaban J connectivity index is 2.10. The fourth-order valence-corrected chi connectivity index (χ4v) is 11.8. The third kappa shape index (κ3) is 4.83. The van der Waals surface area contributed by atoms with Crippen molar-refractivity contribution < 1.29 is 14.3 Å². The van der Waals surface area contributed by atoms with E-state index >= 15 is 0 Å². The Labute approximate surface area is 191 Å². The molecular formula is C24H27NO3Se2. The zero-order valence-corrected chi connectivity index (χ0v) is 21.0. The number of hydrogen-bond acceptors (Lipinski definition) is 4. The molecule has 1 aliphatic carbocycles. The van der Waals surface area contributed by atoms with Crippen molar-refractivity contribution in [3.8, 4) is 6.07 Å². The van der Waals surface area contributed by atoms with E-state index in [0.717, 1.165) is 0 Å². The number of hydrogen-bond donors (Lipinski definition) is 0. The van der Waals surface area contributed by atoms with Gasteiger partial charge in [0.05, 0.1) is 0 Å². The van der Waals surface area contributed by atoms with Crippen LogP contribution in [0.1, 0.15) is 26.7 Å². The van der Waals surface area contributed by atoms with Gasteiger partial charge in [-0.15, -0.1) is 0 Å². The Morgan fingerprint density at radius 2 is 1.67 bits per heavy atom. The first-order valence-corrected chi connectivity index (χ1v) is 13.7. The molecule has 4 nitrogen and oxygen atoms in total. The summed E-state index contributed by atoms with van der Waals surface area (Å²) in [4.78, 5) is 13.6. The van der Waals surface area contributed by atoms with Crippen LogP contribution in [0.25, 0.3) is 0 Å². The first-order chi connectivity index (χ1) is 14.5. The van der Waals surface area contributed by atoms with Crippen LogP contribution in [0.2, 0.25) is 3.71 Å². The quantitative estimate of drug-likeness (QED) is 0.386. The molecule has 2 aromatic carbocycles. The number of esters is 1. The minimum atomic E-state index is -0.860. The molecule has 3 rings (SSSR count). The maximum atomic E-state index is 13.6. The second-order valence-corrected chi connectivity index (χ2v) is 14.1. The summed E-state index contributed by atoms with van der Waals surface area (Å²) in [6.45, 7) is 4.16. The number of ether oxygens (including phenoxy) is 2. The van der Waals surface area contributed by atoms with Crippen molar-refractivity contribution >= 4 is 44.8 Å². The number of carbonyl (C=O) groups excluding carboxylic acids is 1. The molecule has 0 aromatic heterocycles. The normalized spacial score (nSPS) is 25.8. The van der Waals surface area contributed by atoms with Crippen LogP contribution in [0.4, 0.5) is 0 Å². The van der Waals surface area contributed by atoms with Crippen LogP contribution >= 0.6 is 0 Å². The average molecular weight is 535 g/mol. The molecule has 0 unspecified atom stereocenters. The van der Waals surface area contributed by atoms with E-state index in [1.54, 1.807) is 7.11 Å². The summed E-state index contributed by atoms with van der Waals surface area (Å²) in [5.74, 6) is -0.666. The van der Waals surface area contributed by atoms with Gasteiger partial charge >= 0.3 is 192 Å². The van der Waals surface area contributed by atoms with Crippen molar-refractivity contribution in [2.75, 3.05) is 13.7 Å². The molecule has 158 valence electrons. The summed E-state index contributed by atoms with van der Waals surface area (Å²) >= 11 is 0.0237. The molecule has 30 heavy (non-hydrogen) atoms. The predicted molar refractivity (Wildman–Crippen MR) is 120 cm³/mol. The Morgan fingerprint density at radius 3 is 2.10 bits per heavy atom. The number of methoxy groups -OCH3 is 1. The van der Waals surface area contributed by atoms with Gasteiger partial charge in [-0.1, -0.05) is 0 Å². The summed E-state index contributed by atoms with van der Waals surface area (Å²) in [5.41, 5.74) is -1.37. The average Bonchev–Trinajstić information content (AvgIpc) is 3.09. The molecule has 0 N–H and O–H groups in total. The summed E-state index contributed by atoms with van der Waals surface area (Å²) in [7, 11) is 1.68. The topological polar surface area (TPSA) is 59.3 Å². The van der Waals surface area contributed by atoms with Gasteiger partial charge in [-0.25, -0.2) is 0 Å². The molecule has 0 amide bonds. The van der Waals surface area contributed by atoms with Gasteiger partial charge in [0.1, 0.15) is 0 Å². The van der Waals surface area contributed by atoms with E-state index in [1.165, 1.54) is 8.92 Å². The molecule has 0 radical (unpaired) electrons. The van der Waals surface area contributed by atoms with Crippen LogP contribution in [0.5, 0.6) is 0 Å². The molecule has 3 atom stereocenters. The zero-order valence-electron chi connectivity index (χ0n) is 17.5. The summed E-state index contributed by atoms with van der Waals surface area (Å²) in [6, 6.07) is 23.1. The van der Waals surface area contributed by atoms with Crippen LogP contribution in [0.3, 0.4) is 0 Å². The van der Waals surface area contributed by atoms with Gasteiger partial charge in [0.25, 0.3) is 0 Å². The number of rotatable bonds is 8. The van der Waals surface area contributed by atoms with Gasteiger partial charge in [0.15, 0.2) is 0 Å². The van der Waals surface area contributed by atoms with Crippen LogP contribution in [-0.4, -0.2) is 55.2 Å². The second-order valence-electron chi connectivity index (χ2n) is 7.67. The molecule has 1 saturated carbocycles. The molecule has 0 spiro atoms. The Morgan fingerprint density at radius 1 is 1.13 bits per heavy atom. The van der Waals surface area contributed by atoms with Crippen LogP contribution < -0.4 is 8.92 Å². The first-order valence-electron chi connectivity index (χ1n) is 10.0. The van der Waals surface area contributed by atoms with E-state index < -0.39 is 16.9 Å². The molecule has 0 bridgehead atoms. The zero-order chi connectivity index (χ0) is 21.6. The van der Waals surface area contributed by atoms with Crippen molar-refractivity contribution in [2.45, 2.75) is 36.0 Å². The van der Waals surface area contributed by atoms with Crippen molar-refractivity contribution in [3.05, 3.63) is 60.7 Å². The van der Waals surface area contributed by atoms with Crippen LogP contribution in [0, 0.1) is 22.7 Å². The van der Waals surface area contributed by atoms with Crippen molar-refractivity contribution in [1.29, 1.82) is 5.26 Å². The number of nitriles is 1. The van der Waals surface area contributed by atoms with Gasteiger partial charge in [0, 0.05) is 0 Å². The van der Waals surface area contributed by atoms with Gasteiger partial charge < -0.3 is 0 Å². The maximum absolute atomic E-state index is 13.6. The molecule has 0 aliphatic heterocycles. The number of benzene rings is 2. The minimum absolute atomic E-state index is 0.0119. The Hall–Kier alpha value is -1.60. The van der Waals surface area contributed by atoms with E-state index in [4.69, 9.17) is 9.47 Å². The van der Waals surface area contributed by atoms with Crippen molar-refractivity contribution in [3.63, 3.8) is 0 Å². The SMILES string of the molecule is CCOC(=O)[C@]1(C([Se]c2ccccc2)[Se]c2ccccc2)C[C@@](C)(OC)C[C@@H]1C#N. The Kier molecular flexibility index (Phi) is 7.80. The third-order valence-corrected chi connectivity index (χ3v) is 12.7. The molecule has 0 heterocycles. The van der Waals surface area contributed by atoms with E-state index in [-0.39, 0.29) is 39.6 Å². The molecule has 1 fully saturated rings. The van der Waals surface area contributed by atoms with E-state index in [1.807, 2.05) is 50.2 Å². The molecule has 6 heteroatoms. The second kappa shape index (κ2) is 10.1. The van der Waals surface area contributed by atoms with Gasteiger partial charge in [-0.2, -0.15) is 0 Å². The van der Waals surface area contributed by atoms with Crippen molar-refractivity contribution in [1.82, 2.24) is 0 Å². The fourth-order valence-electron chi connectivity index (χ4n) is 4.05. The van der Waals surface area contributed by atoms with Crippen LogP contribution in [-0.2, 0) is 14.3 Å². The third-order valence-electron chi connectivity index (χ3n) is 5.62.